The lowest BCUT2D eigenvalue weighted by Gasteiger charge is -2.22. The highest BCUT2D eigenvalue weighted by atomic mass is 16.6. The Morgan fingerprint density at radius 2 is 1.87 bits per heavy atom. The molecule has 1 amide bonds. The van der Waals surface area contributed by atoms with Crippen LogP contribution < -0.4 is 5.32 Å². The number of ether oxygens (including phenoxy) is 2. The Balaban J connectivity index is 2.75. The lowest BCUT2D eigenvalue weighted by molar-refractivity contribution is -0.137. The Morgan fingerprint density at radius 1 is 1.22 bits per heavy atom. The SMILES string of the molecule is CCOC(=O)/C=C/[C@@H](Cc1ccccc1)NC(=O)OC(C)(C)C. The number of esters is 1. The number of carbonyl (C=O) groups excluding carboxylic acids is 2. The third kappa shape index (κ3) is 8.66. The fourth-order valence-corrected chi connectivity index (χ4v) is 1.88. The van der Waals surface area contributed by atoms with Crippen molar-refractivity contribution >= 4 is 12.1 Å². The zero-order chi connectivity index (χ0) is 17.3. The predicted molar refractivity (Wildman–Crippen MR) is 89.1 cm³/mol. The van der Waals surface area contributed by atoms with E-state index in [1.54, 1.807) is 33.8 Å². The van der Waals surface area contributed by atoms with Gasteiger partial charge in [0.15, 0.2) is 0 Å². The molecule has 1 aromatic carbocycles. The molecule has 1 aromatic rings. The standard InChI is InChI=1S/C18H25NO4/c1-5-22-16(20)12-11-15(13-14-9-7-6-8-10-14)19-17(21)23-18(2,3)4/h6-12,15H,5,13H2,1-4H3,(H,19,21)/b12-11+/t15-/m0/s1. The van der Waals surface area contributed by atoms with Crippen LogP contribution in [0, 0.1) is 0 Å². The van der Waals surface area contributed by atoms with Crippen LogP contribution in [0.25, 0.3) is 0 Å². The first kappa shape index (κ1) is 18.7. The molecule has 0 radical (unpaired) electrons. The third-order valence-corrected chi connectivity index (χ3v) is 2.75. The summed E-state index contributed by atoms with van der Waals surface area (Å²) in [7, 11) is 0. The Bertz CT molecular complexity index is 532. The molecule has 0 saturated carbocycles. The topological polar surface area (TPSA) is 64.6 Å². The van der Waals surface area contributed by atoms with Gasteiger partial charge < -0.3 is 14.8 Å². The molecule has 0 aliphatic rings. The summed E-state index contributed by atoms with van der Waals surface area (Å²) in [4.78, 5) is 23.4. The van der Waals surface area contributed by atoms with Crippen molar-refractivity contribution in [3.63, 3.8) is 0 Å². The molecule has 0 fully saturated rings. The highest BCUT2D eigenvalue weighted by Gasteiger charge is 2.18. The second-order valence-electron chi connectivity index (χ2n) is 6.05. The quantitative estimate of drug-likeness (QED) is 0.646. The molecule has 5 nitrogen and oxygen atoms in total. The molecule has 126 valence electrons. The van der Waals surface area contributed by atoms with Crippen molar-refractivity contribution in [3.8, 4) is 0 Å². The van der Waals surface area contributed by atoms with Crippen molar-refractivity contribution < 1.29 is 19.1 Å². The minimum Gasteiger partial charge on any atom is -0.463 e. The van der Waals surface area contributed by atoms with E-state index in [1.807, 2.05) is 30.3 Å². The van der Waals surface area contributed by atoms with E-state index in [0.717, 1.165) is 5.56 Å². The first-order valence-corrected chi connectivity index (χ1v) is 7.68. The second-order valence-corrected chi connectivity index (χ2v) is 6.05. The molecule has 5 heteroatoms. The Hall–Kier alpha value is -2.30. The van der Waals surface area contributed by atoms with Gasteiger partial charge in [-0.05, 0) is 39.7 Å². The number of hydrogen-bond donors (Lipinski definition) is 1. The first-order chi connectivity index (χ1) is 10.8. The van der Waals surface area contributed by atoms with Crippen molar-refractivity contribution in [1.82, 2.24) is 5.32 Å². The molecule has 0 unspecified atom stereocenters. The average molecular weight is 319 g/mol. The lowest BCUT2D eigenvalue weighted by Crippen LogP contribution is -2.39. The molecule has 1 N–H and O–H groups in total. The largest absolute Gasteiger partial charge is 0.463 e. The summed E-state index contributed by atoms with van der Waals surface area (Å²) in [5.41, 5.74) is 0.466. The van der Waals surface area contributed by atoms with Gasteiger partial charge >= 0.3 is 12.1 Å². The number of alkyl carbamates (subject to hydrolysis) is 1. The van der Waals surface area contributed by atoms with Gasteiger partial charge in [0.05, 0.1) is 12.6 Å². The predicted octanol–water partition coefficient (Wildman–Crippen LogP) is 3.24. The summed E-state index contributed by atoms with van der Waals surface area (Å²) < 4.78 is 10.1. The fourth-order valence-electron chi connectivity index (χ4n) is 1.88. The number of benzene rings is 1. The number of nitrogens with one attached hydrogen (secondary N) is 1. The second kappa shape index (κ2) is 8.98. The van der Waals surface area contributed by atoms with Crippen LogP contribution >= 0.6 is 0 Å². The fraction of sp³-hybridized carbons (Fsp3) is 0.444. The van der Waals surface area contributed by atoms with Crippen LogP contribution in [-0.4, -0.2) is 30.3 Å². The molecule has 0 aromatic heterocycles. The molecule has 0 aliphatic carbocycles. The van der Waals surface area contributed by atoms with Crippen LogP contribution in [0.2, 0.25) is 0 Å². The lowest BCUT2D eigenvalue weighted by atomic mass is 10.1. The average Bonchev–Trinajstić information content (AvgIpc) is 2.44. The van der Waals surface area contributed by atoms with Gasteiger partial charge in [-0.25, -0.2) is 9.59 Å². The highest BCUT2D eigenvalue weighted by Crippen LogP contribution is 2.09. The van der Waals surface area contributed by atoms with Gasteiger partial charge in [-0.3, -0.25) is 0 Å². The molecule has 23 heavy (non-hydrogen) atoms. The van der Waals surface area contributed by atoms with Crippen LogP contribution in [0.3, 0.4) is 0 Å². The van der Waals surface area contributed by atoms with Gasteiger partial charge in [0.25, 0.3) is 0 Å². The number of amides is 1. The van der Waals surface area contributed by atoms with Crippen LogP contribution in [-0.2, 0) is 20.7 Å². The van der Waals surface area contributed by atoms with Crippen LogP contribution in [0.1, 0.15) is 33.3 Å². The van der Waals surface area contributed by atoms with Gasteiger partial charge in [0.2, 0.25) is 0 Å². The van der Waals surface area contributed by atoms with Crippen LogP contribution in [0.5, 0.6) is 0 Å². The minimum atomic E-state index is -0.577. The summed E-state index contributed by atoms with van der Waals surface area (Å²) in [5, 5.41) is 2.76. The normalized spacial score (nSPS) is 12.7. The molecule has 0 aliphatic heterocycles. The van der Waals surface area contributed by atoms with Crippen molar-refractivity contribution in [2.45, 2.75) is 45.8 Å². The summed E-state index contributed by atoms with van der Waals surface area (Å²) in [6, 6.07) is 9.33. The van der Waals surface area contributed by atoms with Crippen molar-refractivity contribution in [3.05, 3.63) is 48.0 Å². The number of hydrogen-bond acceptors (Lipinski definition) is 4. The van der Waals surface area contributed by atoms with E-state index in [-0.39, 0.29) is 6.04 Å². The molecular weight excluding hydrogens is 294 g/mol. The Morgan fingerprint density at radius 3 is 2.43 bits per heavy atom. The van der Waals surface area contributed by atoms with E-state index in [0.29, 0.717) is 13.0 Å². The van der Waals surface area contributed by atoms with Crippen LogP contribution in [0.4, 0.5) is 4.79 Å². The smallest absolute Gasteiger partial charge is 0.408 e. The van der Waals surface area contributed by atoms with E-state index < -0.39 is 17.7 Å². The molecule has 0 saturated heterocycles. The summed E-state index contributed by atoms with van der Waals surface area (Å²) in [5.74, 6) is -0.434. The third-order valence-electron chi connectivity index (χ3n) is 2.75. The van der Waals surface area contributed by atoms with Crippen molar-refractivity contribution in [2.75, 3.05) is 6.61 Å². The van der Waals surface area contributed by atoms with Crippen molar-refractivity contribution in [1.29, 1.82) is 0 Å². The van der Waals surface area contributed by atoms with E-state index >= 15 is 0 Å². The highest BCUT2D eigenvalue weighted by molar-refractivity contribution is 5.82. The van der Waals surface area contributed by atoms with E-state index in [4.69, 9.17) is 9.47 Å². The maximum Gasteiger partial charge on any atom is 0.408 e. The number of rotatable bonds is 6. The summed E-state index contributed by atoms with van der Waals surface area (Å²) >= 11 is 0. The maximum absolute atomic E-state index is 11.9. The van der Waals surface area contributed by atoms with Crippen molar-refractivity contribution in [2.24, 2.45) is 0 Å². The summed E-state index contributed by atoms with van der Waals surface area (Å²) in [6.07, 6.45) is 2.98. The molecular formula is C18H25NO4. The zero-order valence-corrected chi connectivity index (χ0v) is 14.2. The van der Waals surface area contributed by atoms with E-state index in [2.05, 4.69) is 5.32 Å². The number of carbonyl (C=O) groups is 2. The van der Waals surface area contributed by atoms with Gasteiger partial charge in [-0.2, -0.15) is 0 Å². The van der Waals surface area contributed by atoms with Crippen LogP contribution in [0.15, 0.2) is 42.5 Å². The van der Waals surface area contributed by atoms with Gasteiger partial charge in [-0.1, -0.05) is 36.4 Å². The van der Waals surface area contributed by atoms with Gasteiger partial charge in [-0.15, -0.1) is 0 Å². The maximum atomic E-state index is 11.9. The first-order valence-electron chi connectivity index (χ1n) is 7.68. The van der Waals surface area contributed by atoms with E-state index in [9.17, 15) is 9.59 Å². The van der Waals surface area contributed by atoms with Gasteiger partial charge in [0, 0.05) is 6.08 Å². The molecule has 0 heterocycles. The minimum absolute atomic E-state index is 0.312. The molecule has 0 bridgehead atoms. The summed E-state index contributed by atoms with van der Waals surface area (Å²) in [6.45, 7) is 7.45. The Kier molecular flexibility index (Phi) is 7.32. The molecule has 0 spiro atoms. The van der Waals surface area contributed by atoms with E-state index in [1.165, 1.54) is 6.08 Å². The Labute approximate surface area is 137 Å². The monoisotopic (exact) mass is 319 g/mol. The molecule has 1 rings (SSSR count). The van der Waals surface area contributed by atoms with Gasteiger partial charge in [0.1, 0.15) is 5.60 Å². The zero-order valence-electron chi connectivity index (χ0n) is 14.2. The molecule has 1 atom stereocenters.